The number of benzene rings is 2. The molecule has 1 aliphatic heterocycles. The summed E-state index contributed by atoms with van der Waals surface area (Å²) >= 11 is 0.597. The minimum Gasteiger partial charge on any atom is -0.341 e. The van der Waals surface area contributed by atoms with Crippen molar-refractivity contribution in [3.05, 3.63) is 78.1 Å². The van der Waals surface area contributed by atoms with Gasteiger partial charge in [-0.3, -0.25) is 14.5 Å². The minimum absolute atomic E-state index is 0.0969. The van der Waals surface area contributed by atoms with Gasteiger partial charge in [0.2, 0.25) is 5.12 Å². The number of hydrogen-bond donors (Lipinski definition) is 0. The van der Waals surface area contributed by atoms with Crippen LogP contribution in [-0.2, 0) is 11.3 Å². The van der Waals surface area contributed by atoms with Crippen molar-refractivity contribution in [2.75, 3.05) is 4.90 Å². The quantitative estimate of drug-likeness (QED) is 0.629. The Labute approximate surface area is 151 Å². The van der Waals surface area contributed by atoms with Gasteiger partial charge in [-0.15, -0.1) is 0 Å². The molecule has 1 aromatic heterocycles. The first-order chi connectivity index (χ1) is 12.4. The van der Waals surface area contributed by atoms with Crippen LogP contribution in [0.25, 0.3) is 10.9 Å². The maximum absolute atomic E-state index is 13.5. The predicted molar refractivity (Wildman–Crippen MR) is 97.0 cm³/mol. The van der Waals surface area contributed by atoms with Gasteiger partial charge in [-0.25, -0.2) is 8.78 Å². The highest BCUT2D eigenvalue weighted by molar-refractivity contribution is 8.27. The molecule has 4 rings (SSSR count). The van der Waals surface area contributed by atoms with Crippen molar-refractivity contribution in [2.24, 2.45) is 0 Å². The van der Waals surface area contributed by atoms with E-state index >= 15 is 0 Å². The third-order valence-corrected chi connectivity index (χ3v) is 4.93. The molecule has 0 saturated carbocycles. The second-order valence-electron chi connectivity index (χ2n) is 5.87. The molecular formula is C19H12F2N2O2S. The van der Waals surface area contributed by atoms with Crippen LogP contribution in [-0.4, -0.2) is 14.9 Å². The summed E-state index contributed by atoms with van der Waals surface area (Å²) in [5.41, 5.74) is 1.84. The molecule has 0 aliphatic carbocycles. The number of fused-ring (bicyclic) bond motifs is 1. The second kappa shape index (κ2) is 6.10. The third-order valence-electron chi connectivity index (χ3n) is 4.15. The van der Waals surface area contributed by atoms with Crippen LogP contribution in [0.1, 0.15) is 5.56 Å². The molecule has 0 atom stereocenters. The lowest BCUT2D eigenvalue weighted by Gasteiger charge is -2.13. The van der Waals surface area contributed by atoms with E-state index in [0.29, 0.717) is 23.0 Å². The molecule has 0 spiro atoms. The van der Waals surface area contributed by atoms with Crippen molar-refractivity contribution >= 4 is 38.7 Å². The average Bonchev–Trinajstić information content (AvgIpc) is 3.04. The Hall–Kier alpha value is -2.93. The lowest BCUT2D eigenvalue weighted by atomic mass is 10.2. The first-order valence-corrected chi connectivity index (χ1v) is 8.53. The maximum Gasteiger partial charge on any atom is 0.298 e. The van der Waals surface area contributed by atoms with E-state index in [9.17, 15) is 18.4 Å². The number of amides is 1. The zero-order chi connectivity index (χ0) is 18.4. The van der Waals surface area contributed by atoms with Gasteiger partial charge in [0, 0.05) is 36.0 Å². The number of hydrogen-bond acceptors (Lipinski definition) is 3. The topological polar surface area (TPSA) is 42.3 Å². The molecule has 0 radical (unpaired) electrons. The first-order valence-electron chi connectivity index (χ1n) is 7.72. The number of carbonyl (C=O) groups excluding carboxylic acids is 2. The van der Waals surface area contributed by atoms with Crippen molar-refractivity contribution in [1.29, 1.82) is 0 Å². The van der Waals surface area contributed by atoms with Crippen molar-refractivity contribution in [3.63, 3.8) is 0 Å². The average molecular weight is 370 g/mol. The molecule has 2 aromatic carbocycles. The van der Waals surface area contributed by atoms with Crippen LogP contribution in [0.15, 0.2) is 60.9 Å². The molecule has 1 saturated heterocycles. The standard InChI is InChI=1S/C19H12F2N2O2S/c1-11-18(24)26-19(25)23(11)17-10-22(16-5-3-2-4-15(16)17)9-12-6-13(20)8-14(21)7-12/h2-8,10H,1,9H2. The van der Waals surface area contributed by atoms with Gasteiger partial charge >= 0.3 is 0 Å². The van der Waals surface area contributed by atoms with E-state index in [0.717, 1.165) is 17.0 Å². The van der Waals surface area contributed by atoms with Crippen LogP contribution < -0.4 is 4.90 Å². The fraction of sp³-hybridized carbons (Fsp3) is 0.0526. The van der Waals surface area contributed by atoms with E-state index in [1.807, 2.05) is 24.3 Å². The molecule has 0 N–H and O–H groups in total. The van der Waals surface area contributed by atoms with E-state index in [-0.39, 0.29) is 17.4 Å². The highest BCUT2D eigenvalue weighted by atomic mass is 32.2. The number of para-hydroxylation sites is 1. The van der Waals surface area contributed by atoms with Crippen LogP contribution >= 0.6 is 11.8 Å². The lowest BCUT2D eigenvalue weighted by molar-refractivity contribution is -0.107. The van der Waals surface area contributed by atoms with E-state index in [4.69, 9.17) is 0 Å². The zero-order valence-electron chi connectivity index (χ0n) is 13.4. The van der Waals surface area contributed by atoms with Crippen molar-refractivity contribution in [3.8, 4) is 0 Å². The summed E-state index contributed by atoms with van der Waals surface area (Å²) in [5, 5.41) is -0.0621. The van der Waals surface area contributed by atoms with E-state index in [1.165, 1.54) is 17.0 Å². The Morgan fingerprint density at radius 1 is 1.04 bits per heavy atom. The molecule has 0 unspecified atom stereocenters. The van der Waals surface area contributed by atoms with E-state index in [2.05, 4.69) is 6.58 Å². The van der Waals surface area contributed by atoms with Gasteiger partial charge in [-0.2, -0.15) is 0 Å². The maximum atomic E-state index is 13.5. The lowest BCUT2D eigenvalue weighted by Crippen LogP contribution is -2.20. The Balaban J connectivity index is 1.83. The summed E-state index contributed by atoms with van der Waals surface area (Å²) < 4.78 is 28.8. The smallest absolute Gasteiger partial charge is 0.298 e. The van der Waals surface area contributed by atoms with Gasteiger partial charge in [0.15, 0.2) is 0 Å². The molecule has 1 amide bonds. The van der Waals surface area contributed by atoms with Crippen LogP contribution in [0, 0.1) is 11.6 Å². The predicted octanol–water partition coefficient (Wildman–Crippen LogP) is 4.68. The SMILES string of the molecule is C=C1C(=O)SC(=O)N1c1cn(Cc2cc(F)cc(F)c2)c2ccccc12. The van der Waals surface area contributed by atoms with Gasteiger partial charge in [0.05, 0.1) is 16.9 Å². The van der Waals surface area contributed by atoms with Crippen molar-refractivity contribution in [2.45, 2.75) is 6.54 Å². The molecule has 2 heterocycles. The summed E-state index contributed by atoms with van der Waals surface area (Å²) in [6.45, 7) is 3.91. The fourth-order valence-electron chi connectivity index (χ4n) is 3.06. The van der Waals surface area contributed by atoms with Crippen LogP contribution in [0.5, 0.6) is 0 Å². The summed E-state index contributed by atoms with van der Waals surface area (Å²) in [7, 11) is 0. The second-order valence-corrected chi connectivity index (χ2v) is 6.80. The van der Waals surface area contributed by atoms with Crippen molar-refractivity contribution < 1.29 is 18.4 Å². The third kappa shape index (κ3) is 2.70. The molecule has 26 heavy (non-hydrogen) atoms. The number of nitrogens with zero attached hydrogens (tertiary/aromatic N) is 2. The normalized spacial score (nSPS) is 14.7. The Morgan fingerprint density at radius 3 is 2.38 bits per heavy atom. The van der Waals surface area contributed by atoms with E-state index < -0.39 is 16.9 Å². The highest BCUT2D eigenvalue weighted by Gasteiger charge is 2.36. The Bertz CT molecular complexity index is 1070. The molecule has 4 nitrogen and oxygen atoms in total. The summed E-state index contributed by atoms with van der Waals surface area (Å²) in [6.07, 6.45) is 1.69. The van der Waals surface area contributed by atoms with Crippen LogP contribution in [0.3, 0.4) is 0 Å². The van der Waals surface area contributed by atoms with Gasteiger partial charge in [-0.05, 0) is 23.8 Å². The van der Waals surface area contributed by atoms with Gasteiger partial charge in [-0.1, -0.05) is 24.8 Å². The number of carbonyl (C=O) groups is 2. The number of aromatic nitrogens is 1. The van der Waals surface area contributed by atoms with Gasteiger partial charge in [0.25, 0.3) is 5.24 Å². The van der Waals surface area contributed by atoms with Crippen molar-refractivity contribution in [1.82, 2.24) is 4.57 Å². The molecule has 130 valence electrons. The molecule has 7 heteroatoms. The Morgan fingerprint density at radius 2 is 1.73 bits per heavy atom. The van der Waals surface area contributed by atoms with Gasteiger partial charge in [0.1, 0.15) is 11.6 Å². The Kier molecular flexibility index (Phi) is 3.88. The summed E-state index contributed by atoms with van der Waals surface area (Å²) in [6, 6.07) is 10.6. The van der Waals surface area contributed by atoms with E-state index in [1.54, 1.807) is 10.8 Å². The number of halogens is 2. The molecule has 3 aromatic rings. The van der Waals surface area contributed by atoms with Crippen LogP contribution in [0.2, 0.25) is 0 Å². The molecule has 0 bridgehead atoms. The number of anilines is 1. The minimum atomic E-state index is -0.651. The number of thioether (sulfide) groups is 1. The zero-order valence-corrected chi connectivity index (χ0v) is 14.2. The highest BCUT2D eigenvalue weighted by Crippen LogP contribution is 2.38. The number of rotatable bonds is 3. The van der Waals surface area contributed by atoms with Gasteiger partial charge < -0.3 is 4.57 Å². The largest absolute Gasteiger partial charge is 0.341 e. The molecule has 1 fully saturated rings. The fourth-order valence-corrected chi connectivity index (χ4v) is 3.73. The first kappa shape index (κ1) is 16.5. The summed E-state index contributed by atoms with van der Waals surface area (Å²) in [4.78, 5) is 25.3. The van der Waals surface area contributed by atoms with Crippen LogP contribution in [0.4, 0.5) is 19.3 Å². The molecular weight excluding hydrogens is 358 g/mol. The molecule has 1 aliphatic rings. The summed E-state index contributed by atoms with van der Waals surface area (Å²) in [5.74, 6) is -1.30. The monoisotopic (exact) mass is 370 g/mol.